The molecule has 2 aromatic heterocycles. The van der Waals surface area contributed by atoms with E-state index in [-0.39, 0.29) is 20.9 Å². The summed E-state index contributed by atoms with van der Waals surface area (Å²) in [5.74, 6) is 1.32. The number of hydrogen-bond acceptors (Lipinski definition) is 8. The van der Waals surface area contributed by atoms with Gasteiger partial charge >= 0.3 is 0 Å². The predicted molar refractivity (Wildman–Crippen MR) is 123 cm³/mol. The van der Waals surface area contributed by atoms with Gasteiger partial charge in [-0.2, -0.15) is 0 Å². The topological polar surface area (TPSA) is 102 Å². The molecule has 31 heavy (non-hydrogen) atoms. The van der Waals surface area contributed by atoms with E-state index in [1.165, 1.54) is 13.2 Å². The van der Waals surface area contributed by atoms with Crippen molar-refractivity contribution in [2.24, 2.45) is 0 Å². The summed E-state index contributed by atoms with van der Waals surface area (Å²) in [7, 11) is -0.898. The van der Waals surface area contributed by atoms with E-state index in [2.05, 4.69) is 20.0 Å². The summed E-state index contributed by atoms with van der Waals surface area (Å²) in [4.78, 5) is 9.03. The van der Waals surface area contributed by atoms with Gasteiger partial charge in [-0.15, -0.1) is 11.3 Å². The number of methoxy groups -OCH3 is 2. The van der Waals surface area contributed by atoms with Crippen molar-refractivity contribution in [1.82, 2.24) is 9.97 Å². The van der Waals surface area contributed by atoms with Crippen molar-refractivity contribution in [3.8, 4) is 11.5 Å². The highest BCUT2D eigenvalue weighted by molar-refractivity contribution is 7.94. The molecule has 0 spiro atoms. The van der Waals surface area contributed by atoms with Gasteiger partial charge in [-0.05, 0) is 35.7 Å². The lowest BCUT2D eigenvalue weighted by Gasteiger charge is -2.16. The van der Waals surface area contributed by atoms with Gasteiger partial charge in [0.25, 0.3) is 10.0 Å². The first-order valence-electron chi connectivity index (χ1n) is 8.93. The standard InChI is InChI=1S/C20H17ClN4O4S2/c1-28-12-7-8-17(29-2)16(11-12)24-18-19(23-15-6-4-3-5-14(15)22-18)25-31(26,27)20-13(21)9-10-30-20/h3-11H,1-2H3,(H,22,24)(H,23,25). The molecule has 0 unspecified atom stereocenters. The fourth-order valence-electron chi connectivity index (χ4n) is 2.84. The Morgan fingerprint density at radius 2 is 1.68 bits per heavy atom. The maximum absolute atomic E-state index is 12.9. The van der Waals surface area contributed by atoms with Crippen molar-refractivity contribution in [3.05, 3.63) is 58.9 Å². The zero-order chi connectivity index (χ0) is 22.0. The molecule has 0 aliphatic heterocycles. The number of thiophene rings is 1. The Bertz CT molecular complexity index is 1360. The number of hydrogen-bond donors (Lipinski definition) is 2. The van der Waals surface area contributed by atoms with Crippen molar-refractivity contribution in [2.75, 3.05) is 24.3 Å². The third kappa shape index (κ3) is 4.36. The van der Waals surface area contributed by atoms with Crippen LogP contribution in [-0.4, -0.2) is 32.6 Å². The van der Waals surface area contributed by atoms with Gasteiger partial charge in [-0.25, -0.2) is 18.4 Å². The van der Waals surface area contributed by atoms with Crippen LogP contribution in [0.15, 0.2) is 58.1 Å². The number of halogens is 1. The van der Waals surface area contributed by atoms with Crippen LogP contribution in [0.3, 0.4) is 0 Å². The van der Waals surface area contributed by atoms with Crippen LogP contribution >= 0.6 is 22.9 Å². The number of aromatic nitrogens is 2. The summed E-state index contributed by atoms with van der Waals surface area (Å²) in [6, 6.07) is 13.9. The van der Waals surface area contributed by atoms with Gasteiger partial charge in [-0.3, -0.25) is 4.72 Å². The van der Waals surface area contributed by atoms with Gasteiger partial charge in [0.05, 0.1) is 36.0 Å². The van der Waals surface area contributed by atoms with Crippen LogP contribution in [0.1, 0.15) is 0 Å². The van der Waals surface area contributed by atoms with Crippen molar-refractivity contribution < 1.29 is 17.9 Å². The first kappa shape index (κ1) is 21.2. The second-order valence-corrected chi connectivity index (χ2v) is 9.46. The lowest BCUT2D eigenvalue weighted by molar-refractivity contribution is 0.405. The molecule has 0 aliphatic carbocycles. The quantitative estimate of drug-likeness (QED) is 0.390. The summed E-state index contributed by atoms with van der Waals surface area (Å²) >= 11 is 7.05. The van der Waals surface area contributed by atoms with Crippen molar-refractivity contribution in [1.29, 1.82) is 0 Å². The average Bonchev–Trinajstić information content (AvgIpc) is 3.21. The van der Waals surface area contributed by atoms with E-state index in [1.807, 2.05) is 6.07 Å². The van der Waals surface area contributed by atoms with Crippen molar-refractivity contribution in [2.45, 2.75) is 4.21 Å². The average molecular weight is 477 g/mol. The molecule has 0 saturated carbocycles. The molecule has 4 aromatic rings. The van der Waals surface area contributed by atoms with Gasteiger partial charge in [0.1, 0.15) is 11.5 Å². The lowest BCUT2D eigenvalue weighted by Crippen LogP contribution is -2.15. The highest BCUT2D eigenvalue weighted by Crippen LogP contribution is 2.35. The molecular weight excluding hydrogens is 460 g/mol. The number of rotatable bonds is 7. The maximum Gasteiger partial charge on any atom is 0.274 e. The van der Waals surface area contributed by atoms with Crippen molar-refractivity contribution in [3.63, 3.8) is 0 Å². The van der Waals surface area contributed by atoms with Crippen LogP contribution in [0.4, 0.5) is 17.3 Å². The number of para-hydroxylation sites is 2. The Hall–Kier alpha value is -3.08. The fraction of sp³-hybridized carbons (Fsp3) is 0.100. The minimum atomic E-state index is -3.97. The molecule has 0 saturated heterocycles. The Balaban J connectivity index is 1.82. The molecule has 160 valence electrons. The molecule has 0 radical (unpaired) electrons. The van der Waals surface area contributed by atoms with Gasteiger partial charge in [0.15, 0.2) is 15.8 Å². The molecule has 2 heterocycles. The first-order chi connectivity index (χ1) is 14.9. The Kier molecular flexibility index (Phi) is 5.86. The molecule has 2 N–H and O–H groups in total. The Labute approximate surface area is 187 Å². The second-order valence-electron chi connectivity index (χ2n) is 6.26. The second kappa shape index (κ2) is 8.58. The molecule has 4 rings (SSSR count). The van der Waals surface area contributed by atoms with E-state index in [0.29, 0.717) is 28.2 Å². The van der Waals surface area contributed by atoms with Crippen LogP contribution in [-0.2, 0) is 10.0 Å². The van der Waals surface area contributed by atoms with Crippen molar-refractivity contribution >= 4 is 61.3 Å². The van der Waals surface area contributed by atoms with E-state index in [9.17, 15) is 8.42 Å². The summed E-state index contributed by atoms with van der Waals surface area (Å²) in [6.45, 7) is 0. The zero-order valence-electron chi connectivity index (χ0n) is 16.4. The van der Waals surface area contributed by atoms with E-state index in [0.717, 1.165) is 11.3 Å². The number of nitrogens with one attached hydrogen (secondary N) is 2. The highest BCUT2D eigenvalue weighted by atomic mass is 35.5. The first-order valence-corrected chi connectivity index (χ1v) is 11.7. The normalized spacial score (nSPS) is 11.3. The van der Waals surface area contributed by atoms with Crippen LogP contribution in [0, 0.1) is 0 Å². The molecule has 0 amide bonds. The summed E-state index contributed by atoms with van der Waals surface area (Å²) in [5.41, 5.74) is 1.64. The van der Waals surface area contributed by atoms with E-state index in [1.54, 1.807) is 48.9 Å². The van der Waals surface area contributed by atoms with Gasteiger partial charge in [0.2, 0.25) is 0 Å². The third-order valence-corrected chi connectivity index (χ3v) is 7.65. The molecule has 2 aromatic carbocycles. The number of fused-ring (bicyclic) bond motifs is 1. The fourth-order valence-corrected chi connectivity index (χ4v) is 5.54. The molecule has 0 bridgehead atoms. The van der Waals surface area contributed by atoms with Crippen LogP contribution < -0.4 is 19.5 Å². The van der Waals surface area contributed by atoms with E-state index >= 15 is 0 Å². The summed E-state index contributed by atoms with van der Waals surface area (Å²) < 4.78 is 39.0. The molecular formula is C20H17ClN4O4S2. The highest BCUT2D eigenvalue weighted by Gasteiger charge is 2.23. The minimum Gasteiger partial charge on any atom is -0.497 e. The predicted octanol–water partition coefficient (Wildman–Crippen LogP) is 4.91. The SMILES string of the molecule is COc1ccc(OC)c(Nc2nc3ccccc3nc2NS(=O)(=O)c2sccc2Cl)c1. The molecule has 0 atom stereocenters. The van der Waals surface area contributed by atoms with E-state index < -0.39 is 10.0 Å². The number of sulfonamides is 1. The van der Waals surface area contributed by atoms with Crippen LogP contribution in [0.2, 0.25) is 5.02 Å². The molecule has 8 nitrogen and oxygen atoms in total. The Morgan fingerprint density at radius 3 is 2.29 bits per heavy atom. The van der Waals surface area contributed by atoms with Gasteiger partial charge in [0, 0.05) is 6.07 Å². The van der Waals surface area contributed by atoms with Crippen LogP contribution in [0.25, 0.3) is 11.0 Å². The number of nitrogens with zero attached hydrogens (tertiary/aromatic N) is 2. The minimum absolute atomic E-state index is 0.00552. The van der Waals surface area contributed by atoms with Gasteiger partial charge in [-0.1, -0.05) is 23.7 Å². The summed E-state index contributed by atoms with van der Waals surface area (Å²) in [6.07, 6.45) is 0. The Morgan fingerprint density at radius 1 is 0.968 bits per heavy atom. The molecule has 0 fully saturated rings. The zero-order valence-corrected chi connectivity index (χ0v) is 18.8. The maximum atomic E-state index is 12.9. The number of anilines is 3. The summed E-state index contributed by atoms with van der Waals surface area (Å²) in [5, 5.41) is 4.84. The number of ether oxygens (including phenoxy) is 2. The lowest BCUT2D eigenvalue weighted by atomic mass is 10.2. The monoisotopic (exact) mass is 476 g/mol. The molecule has 11 heteroatoms. The van der Waals surface area contributed by atoms with E-state index in [4.69, 9.17) is 21.1 Å². The third-order valence-electron chi connectivity index (χ3n) is 4.29. The molecule has 0 aliphatic rings. The van der Waals surface area contributed by atoms with Gasteiger partial charge < -0.3 is 14.8 Å². The van der Waals surface area contributed by atoms with Crippen LogP contribution in [0.5, 0.6) is 11.5 Å². The largest absolute Gasteiger partial charge is 0.497 e. The smallest absolute Gasteiger partial charge is 0.274 e. The number of benzene rings is 2.